The van der Waals surface area contributed by atoms with Crippen molar-refractivity contribution in [2.75, 3.05) is 23.3 Å². The Hall–Kier alpha value is -1.44. The maximum Gasteiger partial charge on any atom is 0.0602 e. The lowest BCUT2D eigenvalue weighted by Gasteiger charge is -2.24. The van der Waals surface area contributed by atoms with E-state index in [1.807, 2.05) is 6.08 Å². The fourth-order valence-electron chi connectivity index (χ4n) is 2.53. The van der Waals surface area contributed by atoms with Crippen molar-refractivity contribution in [2.24, 2.45) is 0 Å². The summed E-state index contributed by atoms with van der Waals surface area (Å²) in [4.78, 5) is 2.49. The van der Waals surface area contributed by atoms with Crippen LogP contribution in [0.3, 0.4) is 0 Å². The Labute approximate surface area is 111 Å². The van der Waals surface area contributed by atoms with Crippen LogP contribution in [-0.2, 0) is 0 Å². The smallest absolute Gasteiger partial charge is 0.0602 e. The quantitative estimate of drug-likeness (QED) is 0.759. The van der Waals surface area contributed by atoms with E-state index in [0.717, 1.165) is 12.8 Å². The molecule has 18 heavy (non-hydrogen) atoms. The third-order valence-electron chi connectivity index (χ3n) is 3.56. The van der Waals surface area contributed by atoms with Gasteiger partial charge in [0, 0.05) is 19.1 Å². The Bertz CT molecular complexity index is 380. The zero-order valence-corrected chi connectivity index (χ0v) is 11.4. The highest BCUT2D eigenvalue weighted by Gasteiger charge is 2.15. The van der Waals surface area contributed by atoms with Crippen LogP contribution in [0, 0.1) is 0 Å². The predicted octanol–water partition coefficient (Wildman–Crippen LogP) is 4.05. The zero-order valence-electron chi connectivity index (χ0n) is 11.4. The van der Waals surface area contributed by atoms with Gasteiger partial charge in [0.15, 0.2) is 0 Å². The molecule has 0 aromatic heterocycles. The van der Waals surface area contributed by atoms with Gasteiger partial charge in [-0.25, -0.2) is 0 Å². The number of rotatable bonds is 6. The average molecular weight is 244 g/mol. The summed E-state index contributed by atoms with van der Waals surface area (Å²) < 4.78 is 0. The van der Waals surface area contributed by atoms with E-state index in [9.17, 15) is 0 Å². The van der Waals surface area contributed by atoms with Crippen LogP contribution in [0.5, 0.6) is 0 Å². The van der Waals surface area contributed by atoms with Crippen molar-refractivity contribution in [1.82, 2.24) is 0 Å². The van der Waals surface area contributed by atoms with E-state index in [1.54, 1.807) is 0 Å². The predicted molar refractivity (Wildman–Crippen MR) is 80.4 cm³/mol. The monoisotopic (exact) mass is 244 g/mol. The first-order valence-corrected chi connectivity index (χ1v) is 7.02. The molecule has 1 saturated heterocycles. The van der Waals surface area contributed by atoms with E-state index in [4.69, 9.17) is 0 Å². The molecule has 0 radical (unpaired) electrons. The van der Waals surface area contributed by atoms with Crippen molar-refractivity contribution in [1.29, 1.82) is 0 Å². The van der Waals surface area contributed by atoms with Gasteiger partial charge in [-0.1, -0.05) is 18.2 Å². The fourth-order valence-corrected chi connectivity index (χ4v) is 2.53. The van der Waals surface area contributed by atoms with E-state index in [2.05, 4.69) is 48.0 Å². The fraction of sp³-hybridized carbons (Fsp3) is 0.500. The lowest BCUT2D eigenvalue weighted by Crippen LogP contribution is -2.21. The minimum Gasteiger partial charge on any atom is -0.381 e. The summed E-state index contributed by atoms with van der Waals surface area (Å²) in [5.74, 6) is 0. The molecule has 0 aliphatic carbocycles. The Kier molecular flexibility index (Phi) is 4.68. The summed E-state index contributed by atoms with van der Waals surface area (Å²) in [5, 5.41) is 3.63. The number of allylic oxidation sites excluding steroid dienone is 1. The largest absolute Gasteiger partial charge is 0.381 e. The van der Waals surface area contributed by atoms with Gasteiger partial charge in [0.25, 0.3) is 0 Å². The molecule has 1 aliphatic rings. The summed E-state index contributed by atoms with van der Waals surface area (Å²) in [6.07, 6.45) is 6.84. The molecular weight excluding hydrogens is 220 g/mol. The van der Waals surface area contributed by atoms with Gasteiger partial charge < -0.3 is 10.2 Å². The molecular formula is C16H24N2. The second kappa shape index (κ2) is 6.48. The van der Waals surface area contributed by atoms with Crippen molar-refractivity contribution in [3.8, 4) is 0 Å². The molecule has 2 rings (SSSR count). The van der Waals surface area contributed by atoms with Gasteiger partial charge in [-0.05, 0) is 44.7 Å². The molecule has 2 heteroatoms. The highest BCUT2D eigenvalue weighted by atomic mass is 15.2. The van der Waals surface area contributed by atoms with E-state index >= 15 is 0 Å². The van der Waals surface area contributed by atoms with Crippen LogP contribution >= 0.6 is 0 Å². The zero-order chi connectivity index (χ0) is 12.8. The van der Waals surface area contributed by atoms with Gasteiger partial charge in [-0.15, -0.1) is 6.58 Å². The molecule has 1 unspecified atom stereocenters. The Morgan fingerprint density at radius 2 is 2.06 bits per heavy atom. The summed E-state index contributed by atoms with van der Waals surface area (Å²) >= 11 is 0. The SMILES string of the molecule is C=CCCC(C)Nc1ccccc1N1CCCC1. The van der Waals surface area contributed by atoms with Crippen molar-refractivity contribution >= 4 is 11.4 Å². The van der Waals surface area contributed by atoms with Crippen LogP contribution in [0.4, 0.5) is 11.4 Å². The maximum absolute atomic E-state index is 3.78. The summed E-state index contributed by atoms with van der Waals surface area (Å²) in [7, 11) is 0. The van der Waals surface area contributed by atoms with E-state index in [1.165, 1.54) is 37.3 Å². The minimum absolute atomic E-state index is 0.492. The maximum atomic E-state index is 3.78. The second-order valence-electron chi connectivity index (χ2n) is 5.12. The molecule has 0 bridgehead atoms. The number of nitrogens with zero attached hydrogens (tertiary/aromatic N) is 1. The molecule has 98 valence electrons. The van der Waals surface area contributed by atoms with Gasteiger partial charge in [0.2, 0.25) is 0 Å². The van der Waals surface area contributed by atoms with Crippen LogP contribution < -0.4 is 10.2 Å². The van der Waals surface area contributed by atoms with Crippen molar-refractivity contribution in [2.45, 2.75) is 38.6 Å². The molecule has 1 N–H and O–H groups in total. The average Bonchev–Trinajstić information content (AvgIpc) is 2.91. The van der Waals surface area contributed by atoms with Gasteiger partial charge in [-0.2, -0.15) is 0 Å². The Balaban J connectivity index is 2.04. The minimum atomic E-state index is 0.492. The number of para-hydroxylation sites is 2. The lowest BCUT2D eigenvalue weighted by atomic mass is 10.1. The van der Waals surface area contributed by atoms with Crippen LogP contribution in [-0.4, -0.2) is 19.1 Å². The molecule has 1 aromatic carbocycles. The topological polar surface area (TPSA) is 15.3 Å². The molecule has 2 nitrogen and oxygen atoms in total. The highest BCUT2D eigenvalue weighted by Crippen LogP contribution is 2.29. The first-order chi connectivity index (χ1) is 8.81. The summed E-state index contributed by atoms with van der Waals surface area (Å²) in [6.45, 7) is 8.41. The molecule has 1 aromatic rings. The molecule has 1 heterocycles. The third-order valence-corrected chi connectivity index (χ3v) is 3.56. The van der Waals surface area contributed by atoms with Gasteiger partial charge >= 0.3 is 0 Å². The van der Waals surface area contributed by atoms with Crippen LogP contribution in [0.2, 0.25) is 0 Å². The van der Waals surface area contributed by atoms with Crippen LogP contribution in [0.25, 0.3) is 0 Å². The third kappa shape index (κ3) is 3.28. The summed E-state index contributed by atoms with van der Waals surface area (Å²) in [6, 6.07) is 9.16. The first kappa shape index (κ1) is 13.0. The molecule has 0 saturated carbocycles. The highest BCUT2D eigenvalue weighted by molar-refractivity contribution is 5.70. The molecule has 0 amide bonds. The number of nitrogens with one attached hydrogen (secondary N) is 1. The number of hydrogen-bond acceptors (Lipinski definition) is 2. The van der Waals surface area contributed by atoms with E-state index < -0.39 is 0 Å². The number of benzene rings is 1. The van der Waals surface area contributed by atoms with Crippen molar-refractivity contribution < 1.29 is 0 Å². The molecule has 1 fully saturated rings. The Morgan fingerprint density at radius 3 is 2.78 bits per heavy atom. The first-order valence-electron chi connectivity index (χ1n) is 7.02. The molecule has 0 spiro atoms. The Morgan fingerprint density at radius 1 is 1.33 bits per heavy atom. The van der Waals surface area contributed by atoms with Gasteiger partial charge in [0.05, 0.1) is 11.4 Å². The summed E-state index contributed by atoms with van der Waals surface area (Å²) in [5.41, 5.74) is 2.64. The molecule has 1 aliphatic heterocycles. The number of anilines is 2. The standard InChI is InChI=1S/C16H24N2/c1-3-4-9-14(2)17-15-10-5-6-11-16(15)18-12-7-8-13-18/h3,5-6,10-11,14,17H,1,4,7-9,12-13H2,2H3. The van der Waals surface area contributed by atoms with E-state index in [0.29, 0.717) is 6.04 Å². The normalized spacial score (nSPS) is 16.6. The second-order valence-corrected chi connectivity index (χ2v) is 5.12. The van der Waals surface area contributed by atoms with Crippen molar-refractivity contribution in [3.05, 3.63) is 36.9 Å². The number of hydrogen-bond donors (Lipinski definition) is 1. The van der Waals surface area contributed by atoms with E-state index in [-0.39, 0.29) is 0 Å². The van der Waals surface area contributed by atoms with Crippen LogP contribution in [0.1, 0.15) is 32.6 Å². The van der Waals surface area contributed by atoms with Crippen molar-refractivity contribution in [3.63, 3.8) is 0 Å². The lowest BCUT2D eigenvalue weighted by molar-refractivity contribution is 0.718. The molecule has 1 atom stereocenters. The van der Waals surface area contributed by atoms with Gasteiger partial charge in [0.1, 0.15) is 0 Å². The van der Waals surface area contributed by atoms with Gasteiger partial charge in [-0.3, -0.25) is 0 Å². The van der Waals surface area contributed by atoms with Crippen LogP contribution in [0.15, 0.2) is 36.9 Å².